The van der Waals surface area contributed by atoms with E-state index in [0.29, 0.717) is 61.0 Å². The SMILES string of the molecule is N#Cc1cc(Cl)cnc1N1CCC(N2CC[C@H](Nc3ccc(S(=O)(=O)C4CC4)nc3)C2=O)CC1. The zero-order valence-electron chi connectivity index (χ0n) is 18.5. The van der Waals surface area contributed by atoms with Gasteiger partial charge >= 0.3 is 0 Å². The molecule has 11 heteroatoms. The third-order valence-corrected chi connectivity index (χ3v) is 9.11. The molecule has 2 aromatic heterocycles. The number of anilines is 2. The Morgan fingerprint density at radius 3 is 2.47 bits per heavy atom. The van der Waals surface area contributed by atoms with Gasteiger partial charge in [0, 0.05) is 31.9 Å². The Bertz CT molecular complexity index is 1230. The van der Waals surface area contributed by atoms with Crippen molar-refractivity contribution in [2.24, 2.45) is 0 Å². The summed E-state index contributed by atoms with van der Waals surface area (Å²) in [6, 6.07) is 6.76. The lowest BCUT2D eigenvalue weighted by molar-refractivity contribution is -0.130. The number of aromatic nitrogens is 2. The molecule has 9 nitrogen and oxygen atoms in total. The number of hydrogen-bond donors (Lipinski definition) is 1. The monoisotopic (exact) mass is 500 g/mol. The van der Waals surface area contributed by atoms with Gasteiger partial charge < -0.3 is 15.1 Å². The molecule has 2 saturated heterocycles. The molecule has 1 N–H and O–H groups in total. The molecule has 178 valence electrons. The molecule has 5 rings (SSSR count). The highest BCUT2D eigenvalue weighted by molar-refractivity contribution is 7.92. The van der Waals surface area contributed by atoms with Crippen LogP contribution in [0.5, 0.6) is 0 Å². The Morgan fingerprint density at radius 2 is 1.82 bits per heavy atom. The van der Waals surface area contributed by atoms with Crippen molar-refractivity contribution in [1.82, 2.24) is 14.9 Å². The topological polar surface area (TPSA) is 119 Å². The minimum atomic E-state index is -3.32. The van der Waals surface area contributed by atoms with Crippen LogP contribution in [0.2, 0.25) is 5.02 Å². The normalized spacial score (nSPS) is 21.5. The van der Waals surface area contributed by atoms with Crippen LogP contribution in [0.4, 0.5) is 11.5 Å². The molecule has 1 atom stereocenters. The molecule has 1 saturated carbocycles. The van der Waals surface area contributed by atoms with Crippen LogP contribution in [-0.2, 0) is 14.6 Å². The summed E-state index contributed by atoms with van der Waals surface area (Å²) >= 11 is 5.96. The van der Waals surface area contributed by atoms with Crippen molar-refractivity contribution in [2.45, 2.75) is 54.5 Å². The summed E-state index contributed by atoms with van der Waals surface area (Å²) in [7, 11) is -3.32. The van der Waals surface area contributed by atoms with Gasteiger partial charge in [-0.2, -0.15) is 5.26 Å². The summed E-state index contributed by atoms with van der Waals surface area (Å²) in [5, 5.41) is 12.9. The van der Waals surface area contributed by atoms with E-state index >= 15 is 0 Å². The maximum atomic E-state index is 13.1. The Kier molecular flexibility index (Phi) is 6.08. The zero-order chi connectivity index (χ0) is 23.9. The molecule has 2 aromatic rings. The minimum Gasteiger partial charge on any atom is -0.372 e. The summed E-state index contributed by atoms with van der Waals surface area (Å²) in [6.07, 6.45) is 6.71. The molecule has 0 spiro atoms. The number of nitrogens with zero attached hydrogens (tertiary/aromatic N) is 5. The van der Waals surface area contributed by atoms with Crippen molar-refractivity contribution >= 4 is 38.9 Å². The average Bonchev–Trinajstić information content (AvgIpc) is 3.65. The van der Waals surface area contributed by atoms with Gasteiger partial charge in [0.05, 0.1) is 27.7 Å². The number of likely N-dealkylation sites (tertiary alicyclic amines) is 1. The lowest BCUT2D eigenvalue weighted by atomic mass is 10.0. The first kappa shape index (κ1) is 22.9. The predicted octanol–water partition coefficient (Wildman–Crippen LogP) is 2.62. The molecule has 3 aliphatic rings. The number of amides is 1. The fourth-order valence-electron chi connectivity index (χ4n) is 4.74. The van der Waals surface area contributed by atoms with Crippen LogP contribution in [0.25, 0.3) is 0 Å². The number of hydrogen-bond acceptors (Lipinski definition) is 8. The fraction of sp³-hybridized carbons (Fsp3) is 0.478. The number of carbonyl (C=O) groups excluding carboxylic acids is 1. The van der Waals surface area contributed by atoms with Crippen molar-refractivity contribution in [3.05, 3.63) is 41.2 Å². The second-order valence-corrected chi connectivity index (χ2v) is 11.6. The summed E-state index contributed by atoms with van der Waals surface area (Å²) in [5.41, 5.74) is 1.10. The quantitative estimate of drug-likeness (QED) is 0.642. The molecule has 1 aliphatic carbocycles. The number of sulfone groups is 1. The number of halogens is 1. The molecule has 34 heavy (non-hydrogen) atoms. The van der Waals surface area contributed by atoms with E-state index in [1.54, 1.807) is 18.3 Å². The fourth-order valence-corrected chi connectivity index (χ4v) is 6.45. The highest BCUT2D eigenvalue weighted by atomic mass is 35.5. The number of pyridine rings is 2. The molecule has 4 heterocycles. The van der Waals surface area contributed by atoms with E-state index < -0.39 is 9.84 Å². The van der Waals surface area contributed by atoms with Gasteiger partial charge in [-0.1, -0.05) is 11.6 Å². The summed E-state index contributed by atoms with van der Waals surface area (Å²) in [5.74, 6) is 0.688. The predicted molar refractivity (Wildman–Crippen MR) is 127 cm³/mol. The largest absolute Gasteiger partial charge is 0.372 e. The van der Waals surface area contributed by atoms with Crippen LogP contribution < -0.4 is 10.2 Å². The molecule has 0 bridgehead atoms. The number of nitrogens with one attached hydrogen (secondary N) is 1. The Hall–Kier alpha value is -2.90. The van der Waals surface area contributed by atoms with Crippen molar-refractivity contribution in [3.63, 3.8) is 0 Å². The van der Waals surface area contributed by atoms with Crippen LogP contribution in [0.15, 0.2) is 35.6 Å². The van der Waals surface area contributed by atoms with Gasteiger partial charge in [-0.25, -0.2) is 18.4 Å². The standard InChI is InChI=1S/C23H25ClN6O3S/c24-16-11-15(12-25)22(27-13-16)29-8-5-18(6-9-29)30-10-7-20(23(30)31)28-17-1-4-21(26-14-17)34(32,33)19-2-3-19/h1,4,11,13-14,18-20,28H,2-3,5-10H2/t20-/m0/s1. The molecular weight excluding hydrogens is 476 g/mol. The maximum absolute atomic E-state index is 13.1. The van der Waals surface area contributed by atoms with Crippen molar-refractivity contribution in [2.75, 3.05) is 29.9 Å². The number of carbonyl (C=O) groups is 1. The third kappa shape index (κ3) is 4.42. The van der Waals surface area contributed by atoms with Crippen LogP contribution in [-0.4, -0.2) is 66.2 Å². The lowest BCUT2D eigenvalue weighted by Crippen LogP contribution is -2.47. The lowest BCUT2D eigenvalue weighted by Gasteiger charge is -2.37. The van der Waals surface area contributed by atoms with Gasteiger partial charge in [-0.05, 0) is 50.3 Å². The van der Waals surface area contributed by atoms with E-state index in [0.717, 1.165) is 12.8 Å². The van der Waals surface area contributed by atoms with Crippen LogP contribution >= 0.6 is 11.6 Å². The van der Waals surface area contributed by atoms with Gasteiger partial charge in [0.1, 0.15) is 17.9 Å². The van der Waals surface area contributed by atoms with Crippen LogP contribution in [0, 0.1) is 11.3 Å². The maximum Gasteiger partial charge on any atom is 0.245 e. The third-order valence-electron chi connectivity index (χ3n) is 6.73. The second kappa shape index (κ2) is 9.04. The molecule has 0 aromatic carbocycles. The first-order valence-corrected chi connectivity index (χ1v) is 13.4. The van der Waals surface area contributed by atoms with E-state index in [4.69, 9.17) is 11.6 Å². The zero-order valence-corrected chi connectivity index (χ0v) is 20.1. The number of nitriles is 1. The second-order valence-electron chi connectivity index (χ2n) is 9.00. The van der Waals surface area contributed by atoms with Crippen molar-refractivity contribution in [1.29, 1.82) is 5.26 Å². The molecule has 2 aliphatic heterocycles. The van der Waals surface area contributed by atoms with E-state index in [1.165, 1.54) is 12.3 Å². The summed E-state index contributed by atoms with van der Waals surface area (Å²) in [6.45, 7) is 2.08. The number of rotatable bonds is 6. The molecule has 0 radical (unpaired) electrons. The van der Waals surface area contributed by atoms with Crippen LogP contribution in [0.3, 0.4) is 0 Å². The highest BCUT2D eigenvalue weighted by Gasteiger charge is 2.39. The first-order valence-electron chi connectivity index (χ1n) is 11.4. The molecule has 3 fully saturated rings. The van der Waals surface area contributed by atoms with Crippen molar-refractivity contribution in [3.8, 4) is 6.07 Å². The van der Waals surface area contributed by atoms with E-state index in [-0.39, 0.29) is 28.3 Å². The Labute approximate surface area is 203 Å². The van der Waals surface area contributed by atoms with Gasteiger partial charge in [0.15, 0.2) is 14.9 Å². The van der Waals surface area contributed by atoms with E-state index in [1.807, 2.05) is 4.90 Å². The first-order chi connectivity index (χ1) is 16.4. The molecule has 1 amide bonds. The Morgan fingerprint density at radius 1 is 1.06 bits per heavy atom. The van der Waals surface area contributed by atoms with Gasteiger partial charge in [0.2, 0.25) is 5.91 Å². The van der Waals surface area contributed by atoms with Gasteiger partial charge in [-0.15, -0.1) is 0 Å². The smallest absolute Gasteiger partial charge is 0.245 e. The molecule has 0 unspecified atom stereocenters. The van der Waals surface area contributed by atoms with Crippen molar-refractivity contribution < 1.29 is 13.2 Å². The minimum absolute atomic E-state index is 0.0514. The Balaban J connectivity index is 1.18. The van der Waals surface area contributed by atoms with Gasteiger partial charge in [0.25, 0.3) is 0 Å². The van der Waals surface area contributed by atoms with E-state index in [9.17, 15) is 18.5 Å². The van der Waals surface area contributed by atoms with Crippen LogP contribution in [0.1, 0.15) is 37.7 Å². The summed E-state index contributed by atoms with van der Waals surface area (Å²) < 4.78 is 24.6. The summed E-state index contributed by atoms with van der Waals surface area (Å²) in [4.78, 5) is 25.6. The molecular formula is C23H25ClN6O3S. The number of piperidine rings is 1. The average molecular weight is 501 g/mol. The highest BCUT2D eigenvalue weighted by Crippen LogP contribution is 2.33. The van der Waals surface area contributed by atoms with E-state index in [2.05, 4.69) is 26.3 Å². The van der Waals surface area contributed by atoms with Gasteiger partial charge in [-0.3, -0.25) is 4.79 Å².